The number of benzene rings is 2. The Bertz CT molecular complexity index is 1310. The second-order valence-electron chi connectivity index (χ2n) is 10.7. The number of ether oxygens (including phenoxy) is 2. The van der Waals surface area contributed by atoms with Crippen molar-refractivity contribution < 1.29 is 23.5 Å². The standard InChI is InChI=1S/C30H38FN7O4/c1-41-26-13-9-23(10-14-26)29-33-35-38(34-29)21-27(39)37(16-4-15-36-17-19-42-20-18-36)28(22-7-11-24(31)12-8-22)30(40)32-25-5-2-3-6-25/h7-14,25,28H,2-6,15-21H2,1H3,(H,32,40)/t28-/m1/s1. The van der Waals surface area contributed by atoms with Gasteiger partial charge in [0.2, 0.25) is 17.6 Å². The number of nitrogens with one attached hydrogen (secondary N) is 1. The quantitative estimate of drug-likeness (QED) is 0.349. The minimum absolute atomic E-state index is 0.0646. The Morgan fingerprint density at radius 3 is 2.50 bits per heavy atom. The van der Waals surface area contributed by atoms with E-state index in [0.717, 1.165) is 50.9 Å². The van der Waals surface area contributed by atoms with Crippen molar-refractivity contribution in [3.05, 3.63) is 59.9 Å². The number of carbonyl (C=O) groups is 2. The summed E-state index contributed by atoms with van der Waals surface area (Å²) >= 11 is 0. The number of carbonyl (C=O) groups excluding carboxylic acids is 2. The van der Waals surface area contributed by atoms with Gasteiger partial charge in [-0.2, -0.15) is 4.80 Å². The number of aromatic nitrogens is 4. The van der Waals surface area contributed by atoms with Gasteiger partial charge in [0.1, 0.15) is 24.2 Å². The number of hydrogen-bond donors (Lipinski definition) is 1. The molecule has 2 aromatic carbocycles. The Labute approximate surface area is 245 Å². The molecule has 1 saturated carbocycles. The number of morpholine rings is 1. The van der Waals surface area contributed by atoms with Gasteiger partial charge in [0.05, 0.1) is 20.3 Å². The van der Waals surface area contributed by atoms with Crippen LogP contribution in [0.5, 0.6) is 5.75 Å². The molecule has 3 aromatic rings. The lowest BCUT2D eigenvalue weighted by Gasteiger charge is -2.33. The molecule has 5 rings (SSSR count). The number of amides is 2. The highest BCUT2D eigenvalue weighted by atomic mass is 19.1. The first-order chi connectivity index (χ1) is 20.5. The second-order valence-corrected chi connectivity index (χ2v) is 10.7. The second kappa shape index (κ2) is 14.3. The van der Waals surface area contributed by atoms with Crippen LogP contribution in [0, 0.1) is 5.82 Å². The summed E-state index contributed by atoms with van der Waals surface area (Å²) in [6.45, 7) is 3.91. The van der Waals surface area contributed by atoms with Crippen LogP contribution in [0.15, 0.2) is 48.5 Å². The van der Waals surface area contributed by atoms with Crippen LogP contribution in [0.1, 0.15) is 43.7 Å². The van der Waals surface area contributed by atoms with Gasteiger partial charge in [-0.3, -0.25) is 14.5 Å². The van der Waals surface area contributed by atoms with Gasteiger partial charge in [-0.15, -0.1) is 10.2 Å². The van der Waals surface area contributed by atoms with Crippen LogP contribution in [0.2, 0.25) is 0 Å². The van der Waals surface area contributed by atoms with Crippen molar-refractivity contribution in [2.45, 2.75) is 50.7 Å². The Morgan fingerprint density at radius 1 is 1.10 bits per heavy atom. The number of rotatable bonds is 12. The van der Waals surface area contributed by atoms with Crippen LogP contribution < -0.4 is 10.1 Å². The van der Waals surface area contributed by atoms with E-state index in [4.69, 9.17) is 9.47 Å². The summed E-state index contributed by atoms with van der Waals surface area (Å²) in [4.78, 5) is 32.9. The molecule has 1 aliphatic heterocycles. The van der Waals surface area contributed by atoms with E-state index in [-0.39, 0.29) is 24.4 Å². The van der Waals surface area contributed by atoms with E-state index in [1.54, 1.807) is 36.3 Å². The lowest BCUT2D eigenvalue weighted by Crippen LogP contribution is -2.48. The Morgan fingerprint density at radius 2 is 1.81 bits per heavy atom. The molecule has 224 valence electrons. The maximum Gasteiger partial charge on any atom is 0.247 e. The largest absolute Gasteiger partial charge is 0.497 e. The highest BCUT2D eigenvalue weighted by Crippen LogP contribution is 2.26. The number of hydrogen-bond acceptors (Lipinski definition) is 8. The Kier molecular flexibility index (Phi) is 10.1. The molecule has 2 amide bonds. The minimum atomic E-state index is -0.923. The number of halogens is 1. The van der Waals surface area contributed by atoms with Crippen molar-refractivity contribution in [3.63, 3.8) is 0 Å². The molecule has 0 spiro atoms. The molecule has 1 aliphatic carbocycles. The zero-order valence-corrected chi connectivity index (χ0v) is 24.0. The van der Waals surface area contributed by atoms with Gasteiger partial charge in [-0.25, -0.2) is 4.39 Å². The predicted octanol–water partition coefficient (Wildman–Crippen LogP) is 2.84. The maximum absolute atomic E-state index is 13.9. The van der Waals surface area contributed by atoms with Crippen LogP contribution in [0.25, 0.3) is 11.4 Å². The molecular formula is C30H38FN7O4. The summed E-state index contributed by atoms with van der Waals surface area (Å²) in [5, 5.41) is 15.8. The van der Waals surface area contributed by atoms with Gasteiger partial charge in [-0.1, -0.05) is 25.0 Å². The van der Waals surface area contributed by atoms with Gasteiger partial charge in [0, 0.05) is 37.8 Å². The first-order valence-corrected chi connectivity index (χ1v) is 14.6. The number of tetrazole rings is 1. The van der Waals surface area contributed by atoms with E-state index in [1.165, 1.54) is 16.9 Å². The fraction of sp³-hybridized carbons (Fsp3) is 0.500. The normalized spacial score (nSPS) is 16.7. The molecule has 42 heavy (non-hydrogen) atoms. The molecule has 2 aliphatic rings. The van der Waals surface area contributed by atoms with Crippen molar-refractivity contribution in [1.82, 2.24) is 35.3 Å². The average Bonchev–Trinajstić information content (AvgIpc) is 3.70. The molecule has 2 heterocycles. The third kappa shape index (κ3) is 7.68. The molecule has 1 saturated heterocycles. The van der Waals surface area contributed by atoms with Gasteiger partial charge in [0.25, 0.3) is 0 Å². The van der Waals surface area contributed by atoms with Crippen molar-refractivity contribution >= 4 is 11.8 Å². The van der Waals surface area contributed by atoms with E-state index >= 15 is 0 Å². The molecule has 0 unspecified atom stereocenters. The van der Waals surface area contributed by atoms with Gasteiger partial charge >= 0.3 is 0 Å². The summed E-state index contributed by atoms with van der Waals surface area (Å²) in [6, 6.07) is 12.2. The Balaban J connectivity index is 1.37. The Hall–Kier alpha value is -3.90. The molecule has 12 heteroatoms. The number of nitrogens with zero attached hydrogens (tertiary/aromatic N) is 6. The summed E-state index contributed by atoms with van der Waals surface area (Å²) in [5.74, 6) is 0.0807. The van der Waals surface area contributed by atoms with E-state index in [9.17, 15) is 14.0 Å². The monoisotopic (exact) mass is 579 g/mol. The van der Waals surface area contributed by atoms with Gasteiger partial charge in [0.15, 0.2) is 0 Å². The SMILES string of the molecule is COc1ccc(-c2nnn(CC(=O)N(CCCN3CCOCC3)[C@@H](C(=O)NC3CCCC3)c3ccc(F)cc3)n2)cc1. The lowest BCUT2D eigenvalue weighted by atomic mass is 10.0. The van der Waals surface area contributed by atoms with Crippen molar-refractivity contribution in [2.75, 3.05) is 46.5 Å². The molecule has 2 fully saturated rings. The van der Waals surface area contributed by atoms with Crippen molar-refractivity contribution in [1.29, 1.82) is 0 Å². The van der Waals surface area contributed by atoms with E-state index < -0.39 is 11.9 Å². The van der Waals surface area contributed by atoms with E-state index in [2.05, 4.69) is 25.6 Å². The van der Waals surface area contributed by atoms with Crippen LogP contribution in [-0.4, -0.2) is 94.4 Å². The summed E-state index contributed by atoms with van der Waals surface area (Å²) in [7, 11) is 1.59. The summed E-state index contributed by atoms with van der Waals surface area (Å²) in [5.41, 5.74) is 1.29. The molecule has 1 N–H and O–H groups in total. The molecule has 1 atom stereocenters. The zero-order chi connectivity index (χ0) is 29.3. The van der Waals surface area contributed by atoms with E-state index in [0.29, 0.717) is 43.3 Å². The minimum Gasteiger partial charge on any atom is -0.497 e. The maximum atomic E-state index is 13.9. The molecule has 11 nitrogen and oxygen atoms in total. The topological polar surface area (TPSA) is 115 Å². The molecule has 0 bridgehead atoms. The molecule has 0 radical (unpaired) electrons. The van der Waals surface area contributed by atoms with Gasteiger partial charge < -0.3 is 19.7 Å². The van der Waals surface area contributed by atoms with Crippen LogP contribution in [0.4, 0.5) is 4.39 Å². The highest BCUT2D eigenvalue weighted by Gasteiger charge is 2.33. The average molecular weight is 580 g/mol. The fourth-order valence-corrected chi connectivity index (χ4v) is 5.53. The summed E-state index contributed by atoms with van der Waals surface area (Å²) < 4.78 is 24.6. The highest BCUT2D eigenvalue weighted by molar-refractivity contribution is 5.89. The zero-order valence-electron chi connectivity index (χ0n) is 24.0. The van der Waals surface area contributed by atoms with Crippen LogP contribution in [0.3, 0.4) is 0 Å². The third-order valence-corrected chi connectivity index (χ3v) is 7.82. The first kappa shape index (κ1) is 29.6. The van der Waals surface area contributed by atoms with Crippen molar-refractivity contribution in [2.24, 2.45) is 0 Å². The first-order valence-electron chi connectivity index (χ1n) is 14.6. The van der Waals surface area contributed by atoms with Crippen LogP contribution >= 0.6 is 0 Å². The van der Waals surface area contributed by atoms with Crippen LogP contribution in [-0.2, 0) is 20.9 Å². The number of methoxy groups -OCH3 is 1. The third-order valence-electron chi connectivity index (χ3n) is 7.82. The fourth-order valence-electron chi connectivity index (χ4n) is 5.53. The summed E-state index contributed by atoms with van der Waals surface area (Å²) in [6.07, 6.45) is 4.58. The molecule has 1 aromatic heterocycles. The van der Waals surface area contributed by atoms with Gasteiger partial charge in [-0.05, 0) is 66.4 Å². The van der Waals surface area contributed by atoms with E-state index in [1.807, 2.05) is 12.1 Å². The van der Waals surface area contributed by atoms with Crippen molar-refractivity contribution in [3.8, 4) is 17.1 Å². The molecular weight excluding hydrogens is 541 g/mol. The predicted molar refractivity (Wildman–Crippen MR) is 153 cm³/mol. The smallest absolute Gasteiger partial charge is 0.247 e. The lowest BCUT2D eigenvalue weighted by molar-refractivity contribution is -0.142.